The highest BCUT2D eigenvalue weighted by atomic mass is 16.6. The molecule has 0 aromatic carbocycles. The molecule has 0 spiro atoms. The van der Waals surface area contributed by atoms with Crippen LogP contribution in [-0.4, -0.2) is 23.6 Å². The molecule has 0 saturated carbocycles. The molecule has 4 heteroatoms. The molecule has 0 N–H and O–H groups in total. The van der Waals surface area contributed by atoms with Crippen molar-refractivity contribution in [3.05, 3.63) is 0 Å². The summed E-state index contributed by atoms with van der Waals surface area (Å²) in [4.78, 5) is 22.1. The minimum absolute atomic E-state index is 0.425. The van der Waals surface area contributed by atoms with Crippen LogP contribution in [-0.2, 0) is 19.1 Å². The third kappa shape index (κ3) is 5.56. The van der Waals surface area contributed by atoms with Crippen molar-refractivity contribution in [1.29, 1.82) is 0 Å². The summed E-state index contributed by atoms with van der Waals surface area (Å²) in [6.07, 6.45) is -0.360. The van der Waals surface area contributed by atoms with Gasteiger partial charge in [0.2, 0.25) is 0 Å². The van der Waals surface area contributed by atoms with Crippen molar-refractivity contribution in [2.45, 2.75) is 52.7 Å². The molecule has 4 nitrogen and oxygen atoms in total. The Morgan fingerprint density at radius 1 is 1.29 bits per heavy atom. The first-order valence-electron chi connectivity index (χ1n) is 4.66. The zero-order chi connectivity index (χ0) is 11.4. The third-order valence-corrected chi connectivity index (χ3v) is 1.35. The lowest BCUT2D eigenvalue weighted by molar-refractivity contribution is -0.175. The largest absolute Gasteiger partial charge is 0.457 e. The molecule has 0 heterocycles. The molecular weight excluding hydrogens is 184 g/mol. The van der Waals surface area contributed by atoms with E-state index in [4.69, 9.17) is 9.47 Å². The van der Waals surface area contributed by atoms with Crippen molar-refractivity contribution in [1.82, 2.24) is 0 Å². The average Bonchev–Trinajstić information content (AvgIpc) is 1.96. The average molecular weight is 202 g/mol. The number of hydrogen-bond acceptors (Lipinski definition) is 4. The number of hydrogen-bond donors (Lipinski definition) is 0. The van der Waals surface area contributed by atoms with Crippen LogP contribution in [0.5, 0.6) is 0 Å². The van der Waals surface area contributed by atoms with E-state index >= 15 is 0 Å². The van der Waals surface area contributed by atoms with E-state index in [9.17, 15) is 9.59 Å². The summed E-state index contributed by atoms with van der Waals surface area (Å²) < 4.78 is 9.87. The molecule has 0 aliphatic carbocycles. The van der Waals surface area contributed by atoms with Crippen LogP contribution >= 0.6 is 0 Å². The highest BCUT2D eigenvalue weighted by Gasteiger charge is 2.25. The number of rotatable bonds is 3. The van der Waals surface area contributed by atoms with Crippen LogP contribution < -0.4 is 0 Å². The molecule has 0 radical (unpaired) electrons. The van der Waals surface area contributed by atoms with Gasteiger partial charge in [0.25, 0.3) is 0 Å². The molecule has 0 fully saturated rings. The van der Waals surface area contributed by atoms with E-state index in [0.29, 0.717) is 6.42 Å². The van der Waals surface area contributed by atoms with E-state index < -0.39 is 23.6 Å². The maximum atomic E-state index is 11.4. The molecule has 82 valence electrons. The standard InChI is InChI=1S/C10H18O4/c1-6-8(13-7(2)11)9(12)14-10(3,4)5/h8H,6H2,1-5H3/t8-/m0/s1. The molecular formula is C10H18O4. The Bertz CT molecular complexity index is 215. The number of carbonyl (C=O) groups excluding carboxylic acids is 2. The van der Waals surface area contributed by atoms with Crippen LogP contribution in [0.3, 0.4) is 0 Å². The van der Waals surface area contributed by atoms with E-state index in [1.807, 2.05) is 0 Å². The first kappa shape index (κ1) is 12.9. The van der Waals surface area contributed by atoms with Crippen LogP contribution in [0, 0.1) is 0 Å². The van der Waals surface area contributed by atoms with Gasteiger partial charge in [0.1, 0.15) is 5.60 Å². The summed E-state index contributed by atoms with van der Waals surface area (Å²) in [7, 11) is 0. The SMILES string of the molecule is CC[C@H](OC(C)=O)C(=O)OC(C)(C)C. The number of ether oxygens (including phenoxy) is 2. The van der Waals surface area contributed by atoms with Crippen LogP contribution in [0.2, 0.25) is 0 Å². The minimum Gasteiger partial charge on any atom is -0.457 e. The molecule has 14 heavy (non-hydrogen) atoms. The predicted molar refractivity (Wildman–Crippen MR) is 51.7 cm³/mol. The first-order valence-corrected chi connectivity index (χ1v) is 4.66. The molecule has 0 bridgehead atoms. The minimum atomic E-state index is -0.785. The highest BCUT2D eigenvalue weighted by molar-refractivity contribution is 5.78. The van der Waals surface area contributed by atoms with Gasteiger partial charge in [0, 0.05) is 6.92 Å². The van der Waals surface area contributed by atoms with Crippen LogP contribution in [0.4, 0.5) is 0 Å². The molecule has 0 aliphatic heterocycles. The van der Waals surface area contributed by atoms with Crippen LogP contribution in [0.15, 0.2) is 0 Å². The molecule has 0 amide bonds. The molecule has 0 unspecified atom stereocenters. The maximum absolute atomic E-state index is 11.4. The fourth-order valence-corrected chi connectivity index (χ4v) is 0.866. The number of carbonyl (C=O) groups is 2. The number of esters is 2. The summed E-state index contributed by atoms with van der Waals surface area (Å²) in [6, 6.07) is 0. The lowest BCUT2D eigenvalue weighted by atomic mass is 10.2. The lowest BCUT2D eigenvalue weighted by Crippen LogP contribution is -2.34. The molecule has 0 aromatic heterocycles. The monoisotopic (exact) mass is 202 g/mol. The summed E-state index contributed by atoms with van der Waals surface area (Å²) in [5.41, 5.74) is -0.551. The van der Waals surface area contributed by atoms with E-state index in [0.717, 1.165) is 0 Å². The second-order valence-corrected chi connectivity index (χ2v) is 4.04. The van der Waals surface area contributed by atoms with Crippen molar-refractivity contribution >= 4 is 11.9 Å². The van der Waals surface area contributed by atoms with Crippen molar-refractivity contribution in [2.75, 3.05) is 0 Å². The zero-order valence-electron chi connectivity index (χ0n) is 9.42. The Labute approximate surface area is 84.6 Å². The van der Waals surface area contributed by atoms with Gasteiger partial charge in [-0.3, -0.25) is 4.79 Å². The van der Waals surface area contributed by atoms with Crippen LogP contribution in [0.25, 0.3) is 0 Å². The van der Waals surface area contributed by atoms with Gasteiger partial charge in [-0.25, -0.2) is 4.79 Å². The molecule has 1 atom stereocenters. The lowest BCUT2D eigenvalue weighted by Gasteiger charge is -2.22. The predicted octanol–water partition coefficient (Wildman–Crippen LogP) is 1.67. The van der Waals surface area contributed by atoms with Crippen molar-refractivity contribution in [2.24, 2.45) is 0 Å². The second kappa shape index (κ2) is 4.98. The van der Waals surface area contributed by atoms with Crippen molar-refractivity contribution in [3.8, 4) is 0 Å². The van der Waals surface area contributed by atoms with Gasteiger partial charge in [-0.1, -0.05) is 6.92 Å². The topological polar surface area (TPSA) is 52.6 Å². The Hall–Kier alpha value is -1.06. The van der Waals surface area contributed by atoms with Gasteiger partial charge in [-0.2, -0.15) is 0 Å². The van der Waals surface area contributed by atoms with Crippen molar-refractivity contribution < 1.29 is 19.1 Å². The fraction of sp³-hybridized carbons (Fsp3) is 0.800. The van der Waals surface area contributed by atoms with E-state index in [1.54, 1.807) is 27.7 Å². The normalized spacial score (nSPS) is 13.2. The highest BCUT2D eigenvalue weighted by Crippen LogP contribution is 2.11. The maximum Gasteiger partial charge on any atom is 0.347 e. The zero-order valence-corrected chi connectivity index (χ0v) is 9.42. The van der Waals surface area contributed by atoms with Crippen molar-refractivity contribution in [3.63, 3.8) is 0 Å². The van der Waals surface area contributed by atoms with Gasteiger partial charge in [-0.05, 0) is 27.2 Å². The van der Waals surface area contributed by atoms with Gasteiger partial charge in [0.05, 0.1) is 0 Å². The Balaban J connectivity index is 4.25. The molecule has 0 saturated heterocycles. The third-order valence-electron chi connectivity index (χ3n) is 1.35. The van der Waals surface area contributed by atoms with Crippen LogP contribution in [0.1, 0.15) is 41.0 Å². The summed E-state index contributed by atoms with van der Waals surface area (Å²) in [5, 5.41) is 0. The fourth-order valence-electron chi connectivity index (χ4n) is 0.866. The quantitative estimate of drug-likeness (QED) is 0.653. The molecule has 0 aliphatic rings. The smallest absolute Gasteiger partial charge is 0.347 e. The van der Waals surface area contributed by atoms with Gasteiger partial charge >= 0.3 is 11.9 Å². The Morgan fingerprint density at radius 3 is 2.07 bits per heavy atom. The summed E-state index contributed by atoms with van der Waals surface area (Å²) >= 11 is 0. The van der Waals surface area contributed by atoms with Gasteiger partial charge in [0.15, 0.2) is 6.10 Å². The summed E-state index contributed by atoms with van der Waals surface area (Å²) in [6.45, 7) is 8.34. The Kier molecular flexibility index (Phi) is 4.60. The molecule has 0 aromatic rings. The second-order valence-electron chi connectivity index (χ2n) is 4.04. The van der Waals surface area contributed by atoms with E-state index in [2.05, 4.69) is 0 Å². The summed E-state index contributed by atoms with van der Waals surface area (Å²) in [5.74, 6) is -0.960. The first-order chi connectivity index (χ1) is 6.26. The van der Waals surface area contributed by atoms with Gasteiger partial charge < -0.3 is 9.47 Å². The van der Waals surface area contributed by atoms with E-state index in [-0.39, 0.29) is 0 Å². The molecule has 0 rings (SSSR count). The Morgan fingerprint density at radius 2 is 1.79 bits per heavy atom. The van der Waals surface area contributed by atoms with Gasteiger partial charge in [-0.15, -0.1) is 0 Å². The van der Waals surface area contributed by atoms with E-state index in [1.165, 1.54) is 6.92 Å².